The van der Waals surface area contributed by atoms with E-state index < -0.39 is 0 Å². The molecule has 0 saturated heterocycles. The van der Waals surface area contributed by atoms with Gasteiger partial charge in [0.05, 0.1) is 5.48 Å². The zero-order valence-corrected chi connectivity index (χ0v) is 7.53. The van der Waals surface area contributed by atoms with Gasteiger partial charge in [0.2, 0.25) is 0 Å². The van der Waals surface area contributed by atoms with Crippen molar-refractivity contribution in [1.29, 1.82) is 0 Å². The molecule has 0 aliphatic rings. The van der Waals surface area contributed by atoms with Gasteiger partial charge in [-0.1, -0.05) is 36.3 Å². The second kappa shape index (κ2) is 2.57. The van der Waals surface area contributed by atoms with E-state index in [1.54, 1.807) is 0 Å². The van der Waals surface area contributed by atoms with Crippen molar-refractivity contribution >= 4 is 31.5 Å². The van der Waals surface area contributed by atoms with Gasteiger partial charge in [0.1, 0.15) is 0 Å². The first kappa shape index (κ1) is 4.25. The highest BCUT2D eigenvalue weighted by atomic mass is 32.1. The van der Waals surface area contributed by atoms with Crippen molar-refractivity contribution < 1.29 is 5.48 Å². The van der Waals surface area contributed by atoms with Crippen LogP contribution in [0.2, 0.25) is 0 Å². The summed E-state index contributed by atoms with van der Waals surface area (Å²) in [5.74, 6) is 0. The minimum absolute atomic E-state index is 0.0541. The van der Waals surface area contributed by atoms with Crippen molar-refractivity contribution in [3.63, 3.8) is 0 Å². The van der Waals surface area contributed by atoms with Gasteiger partial charge in [-0.15, -0.1) is 11.3 Å². The molecule has 0 bridgehead atoms. The van der Waals surface area contributed by atoms with Crippen LogP contribution in [-0.2, 0) is 0 Å². The third-order valence-electron chi connectivity index (χ3n) is 2.02. The Bertz CT molecular complexity index is 745. The molecule has 0 aliphatic heterocycles. The van der Waals surface area contributed by atoms with E-state index >= 15 is 0 Å². The summed E-state index contributed by atoms with van der Waals surface area (Å²) in [6, 6.07) is 7.42. The Morgan fingerprint density at radius 2 is 1.77 bits per heavy atom. The lowest BCUT2D eigenvalue weighted by Crippen LogP contribution is -1.62. The fourth-order valence-electron chi connectivity index (χ4n) is 1.44. The average molecular weight is 188 g/mol. The van der Waals surface area contributed by atoms with Crippen LogP contribution in [0.3, 0.4) is 0 Å². The van der Waals surface area contributed by atoms with E-state index in [9.17, 15) is 0 Å². The molecule has 62 valence electrons. The van der Waals surface area contributed by atoms with Crippen LogP contribution in [0.1, 0.15) is 5.48 Å². The maximum atomic E-state index is 7.94. The number of fused-ring (bicyclic) bond motifs is 3. The molecule has 2 aromatic carbocycles. The maximum absolute atomic E-state index is 7.94. The predicted octanol–water partition coefficient (Wildman–Crippen LogP) is 4.05. The predicted molar refractivity (Wildman–Crippen MR) is 59.3 cm³/mol. The molecular formula is C12H8S. The van der Waals surface area contributed by atoms with Crippen molar-refractivity contribution in [2.45, 2.75) is 0 Å². The Morgan fingerprint density at radius 3 is 2.77 bits per heavy atom. The van der Waals surface area contributed by atoms with Crippen LogP contribution < -0.4 is 0 Å². The summed E-state index contributed by atoms with van der Waals surface area (Å²) >= 11 is 1.41. The van der Waals surface area contributed by atoms with E-state index in [0.29, 0.717) is 10.1 Å². The van der Waals surface area contributed by atoms with Crippen LogP contribution in [0.4, 0.5) is 0 Å². The van der Waals surface area contributed by atoms with Gasteiger partial charge in [-0.05, 0) is 12.1 Å². The summed E-state index contributed by atoms with van der Waals surface area (Å²) in [6.07, 6.45) is 0. The molecule has 1 heteroatoms. The lowest BCUT2D eigenvalue weighted by molar-refractivity contribution is 1.84. The van der Waals surface area contributed by atoms with Crippen molar-refractivity contribution in [3.8, 4) is 0 Å². The van der Waals surface area contributed by atoms with E-state index in [2.05, 4.69) is 0 Å². The van der Waals surface area contributed by atoms with Gasteiger partial charge in [-0.3, -0.25) is 0 Å². The molecular weight excluding hydrogens is 176 g/mol. The molecule has 0 radical (unpaired) electrons. The van der Waals surface area contributed by atoms with Crippen molar-refractivity contribution in [1.82, 2.24) is 0 Å². The normalized spacial score (nSPS) is 15.4. The van der Waals surface area contributed by atoms with Crippen molar-refractivity contribution in [3.05, 3.63) is 48.4 Å². The molecule has 13 heavy (non-hydrogen) atoms. The maximum Gasteiger partial charge on any atom is 0.0638 e. The highest BCUT2D eigenvalue weighted by Crippen LogP contribution is 2.32. The van der Waals surface area contributed by atoms with Crippen molar-refractivity contribution in [2.24, 2.45) is 0 Å². The average Bonchev–Trinajstić information content (AvgIpc) is 2.73. The van der Waals surface area contributed by atoms with Gasteiger partial charge in [0.25, 0.3) is 0 Å². The molecule has 0 spiro atoms. The third-order valence-corrected chi connectivity index (χ3v) is 3.11. The molecule has 0 amide bonds. The Kier molecular flexibility index (Phi) is 0.841. The summed E-state index contributed by atoms with van der Waals surface area (Å²) < 4.78 is 32.8. The van der Waals surface area contributed by atoms with Gasteiger partial charge in [0, 0.05) is 20.2 Å². The first-order valence-corrected chi connectivity index (χ1v) is 4.80. The van der Waals surface area contributed by atoms with E-state index in [4.69, 9.17) is 5.48 Å². The topological polar surface area (TPSA) is 0 Å². The molecule has 0 atom stereocenters. The quantitative estimate of drug-likeness (QED) is 0.499. The second-order valence-corrected chi connectivity index (χ2v) is 3.85. The second-order valence-electron chi connectivity index (χ2n) is 2.80. The smallest absolute Gasteiger partial charge is 0.0638 e. The number of thiophene rings is 1. The Morgan fingerprint density at radius 1 is 0.923 bits per heavy atom. The summed E-state index contributed by atoms with van der Waals surface area (Å²) in [5, 5.41) is 1.54. The lowest BCUT2D eigenvalue weighted by Gasteiger charge is -1.88. The first-order chi connectivity index (χ1) is 8.11. The highest BCUT2D eigenvalue weighted by Gasteiger charge is 2.01. The number of rotatable bonds is 0. The monoisotopic (exact) mass is 188 g/mol. The fourth-order valence-corrected chi connectivity index (χ4v) is 2.45. The Hall–Kier alpha value is -1.34. The van der Waals surface area contributed by atoms with Gasteiger partial charge in [-0.25, -0.2) is 0 Å². The van der Waals surface area contributed by atoms with Crippen LogP contribution in [0, 0.1) is 0 Å². The standard InChI is InChI=1S/C12H8S/c1-3-7-11-9(5-1)10-6-2-4-8-12(10)13-11/h1-8H/i1D,3D,5D,7D. The first-order valence-electron chi connectivity index (χ1n) is 5.99. The van der Waals surface area contributed by atoms with E-state index in [0.717, 1.165) is 10.1 Å². The summed E-state index contributed by atoms with van der Waals surface area (Å²) in [6.45, 7) is 0. The highest BCUT2D eigenvalue weighted by molar-refractivity contribution is 7.25. The zero-order chi connectivity index (χ0) is 12.2. The van der Waals surface area contributed by atoms with Crippen LogP contribution in [0.5, 0.6) is 0 Å². The molecule has 0 aliphatic carbocycles. The summed E-state index contributed by atoms with van der Waals surface area (Å²) in [4.78, 5) is 0. The van der Waals surface area contributed by atoms with Gasteiger partial charge >= 0.3 is 0 Å². The molecule has 0 saturated carbocycles. The number of hydrogen-bond acceptors (Lipinski definition) is 1. The SMILES string of the molecule is [2H]c1c([2H])c([2H])c2c(sc3ccccc32)c1[2H]. The fraction of sp³-hybridized carbons (Fsp3) is 0. The molecule has 0 nitrogen and oxygen atoms in total. The van der Waals surface area contributed by atoms with Gasteiger partial charge in [0.15, 0.2) is 0 Å². The van der Waals surface area contributed by atoms with Crippen LogP contribution in [0.25, 0.3) is 20.2 Å². The largest absolute Gasteiger partial charge is 0.135 e. The van der Waals surface area contributed by atoms with E-state index in [1.807, 2.05) is 24.3 Å². The number of benzene rings is 2. The summed E-state index contributed by atoms with van der Waals surface area (Å²) in [5.41, 5.74) is 0. The molecule has 0 N–H and O–H groups in total. The minimum atomic E-state index is -0.161. The van der Waals surface area contributed by atoms with E-state index in [1.165, 1.54) is 11.3 Å². The molecule has 0 unspecified atom stereocenters. The molecule has 3 rings (SSSR count). The zero-order valence-electron chi connectivity index (χ0n) is 10.7. The molecule has 3 aromatic rings. The van der Waals surface area contributed by atoms with E-state index in [-0.39, 0.29) is 24.2 Å². The van der Waals surface area contributed by atoms with Gasteiger partial charge in [-0.2, -0.15) is 0 Å². The minimum Gasteiger partial charge on any atom is -0.135 e. The van der Waals surface area contributed by atoms with Crippen LogP contribution in [0.15, 0.2) is 48.4 Å². The summed E-state index contributed by atoms with van der Waals surface area (Å²) in [7, 11) is 0. The van der Waals surface area contributed by atoms with Crippen LogP contribution >= 0.6 is 11.3 Å². The lowest BCUT2D eigenvalue weighted by atomic mass is 10.2. The Balaban J connectivity index is 2.67. The number of hydrogen-bond donors (Lipinski definition) is 0. The molecule has 1 heterocycles. The third kappa shape index (κ3) is 0.973. The Labute approximate surface area is 86.1 Å². The molecule has 1 aromatic heterocycles. The van der Waals surface area contributed by atoms with Crippen molar-refractivity contribution in [2.75, 3.05) is 0 Å². The molecule has 0 fully saturated rings. The van der Waals surface area contributed by atoms with Crippen LogP contribution in [-0.4, -0.2) is 0 Å². The van der Waals surface area contributed by atoms with Gasteiger partial charge < -0.3 is 0 Å².